The lowest BCUT2D eigenvalue weighted by Gasteiger charge is -2.28. The van der Waals surface area contributed by atoms with E-state index >= 15 is 0 Å². The molecule has 0 heterocycles. The monoisotopic (exact) mass is 159 g/mol. The van der Waals surface area contributed by atoms with Gasteiger partial charge >= 0.3 is 5.97 Å². The van der Waals surface area contributed by atoms with Crippen molar-refractivity contribution in [3.8, 4) is 0 Å². The minimum atomic E-state index is -0.799. The lowest BCUT2D eigenvalue weighted by atomic mass is 9.84. The Labute approximate surface area is 65.0 Å². The zero-order chi connectivity index (χ0) is 8.43. The molecule has 4 nitrogen and oxygen atoms in total. The summed E-state index contributed by atoms with van der Waals surface area (Å²) in [4.78, 5) is 10.5. The van der Waals surface area contributed by atoms with Gasteiger partial charge in [-0.2, -0.15) is 0 Å². The van der Waals surface area contributed by atoms with Crippen LogP contribution in [0.1, 0.15) is 19.3 Å². The first-order chi connectivity index (χ1) is 5.11. The number of carboxylic acids is 1. The molecule has 11 heavy (non-hydrogen) atoms. The van der Waals surface area contributed by atoms with Gasteiger partial charge in [-0.3, -0.25) is 4.79 Å². The van der Waals surface area contributed by atoms with Crippen LogP contribution >= 0.6 is 0 Å². The predicted molar refractivity (Wildman–Crippen MR) is 39.0 cm³/mol. The largest absolute Gasteiger partial charge is 0.481 e. The molecule has 0 amide bonds. The van der Waals surface area contributed by atoms with Crippen molar-refractivity contribution in [1.29, 1.82) is 0 Å². The Balaban J connectivity index is 2.46. The summed E-state index contributed by atoms with van der Waals surface area (Å²) in [5, 5.41) is 17.8. The maximum absolute atomic E-state index is 10.5. The zero-order valence-corrected chi connectivity index (χ0v) is 6.23. The van der Waals surface area contributed by atoms with E-state index in [9.17, 15) is 4.79 Å². The summed E-state index contributed by atoms with van der Waals surface area (Å²) in [6, 6.07) is -0.357. The van der Waals surface area contributed by atoms with Gasteiger partial charge in [0.2, 0.25) is 0 Å². The van der Waals surface area contributed by atoms with E-state index in [1.807, 2.05) is 0 Å². The maximum Gasteiger partial charge on any atom is 0.306 e. The molecule has 1 rings (SSSR count). The Hall–Kier alpha value is -0.610. The minimum absolute atomic E-state index is 0.353. The van der Waals surface area contributed by atoms with Gasteiger partial charge in [-0.15, -0.1) is 0 Å². The molecule has 1 fully saturated rings. The van der Waals surface area contributed by atoms with Gasteiger partial charge < -0.3 is 15.9 Å². The first-order valence-corrected chi connectivity index (χ1v) is 3.77. The first-order valence-electron chi connectivity index (χ1n) is 3.77. The molecule has 1 aliphatic carbocycles. The van der Waals surface area contributed by atoms with E-state index in [0.717, 1.165) is 0 Å². The second kappa shape index (κ2) is 3.19. The van der Waals surface area contributed by atoms with Gasteiger partial charge in [0, 0.05) is 6.04 Å². The molecule has 0 radical (unpaired) electrons. The molecular formula is C7H13NO3. The van der Waals surface area contributed by atoms with Crippen LogP contribution < -0.4 is 5.73 Å². The number of hydrogen-bond donors (Lipinski definition) is 3. The smallest absolute Gasteiger partial charge is 0.306 e. The quantitative estimate of drug-likeness (QED) is 0.484. The highest BCUT2D eigenvalue weighted by atomic mass is 16.4. The highest BCUT2D eigenvalue weighted by molar-refractivity contribution is 5.70. The average molecular weight is 159 g/mol. The highest BCUT2D eigenvalue weighted by Crippen LogP contribution is 2.23. The molecule has 1 saturated carbocycles. The van der Waals surface area contributed by atoms with Crippen molar-refractivity contribution in [1.82, 2.24) is 0 Å². The number of carbonyl (C=O) groups is 1. The third-order valence-corrected chi connectivity index (χ3v) is 2.21. The molecule has 4 N–H and O–H groups in total. The molecule has 3 atom stereocenters. The normalized spacial score (nSPS) is 38.5. The Bertz CT molecular complexity index is 160. The molecule has 64 valence electrons. The Morgan fingerprint density at radius 1 is 1.45 bits per heavy atom. The molecule has 1 aliphatic rings. The number of aliphatic hydroxyl groups excluding tert-OH is 1. The fourth-order valence-corrected chi connectivity index (χ4v) is 1.41. The zero-order valence-electron chi connectivity index (χ0n) is 6.23. The molecule has 0 spiro atoms. The van der Waals surface area contributed by atoms with Crippen LogP contribution in [-0.4, -0.2) is 28.3 Å². The van der Waals surface area contributed by atoms with Gasteiger partial charge in [-0.25, -0.2) is 0 Å². The first kappa shape index (κ1) is 8.49. The summed E-state index contributed by atoms with van der Waals surface area (Å²) in [5.74, 6) is -1.15. The number of aliphatic carboxylic acids is 1. The summed E-state index contributed by atoms with van der Waals surface area (Å²) in [6.07, 6.45) is 0.948. The van der Waals surface area contributed by atoms with E-state index in [1.54, 1.807) is 0 Å². The molecule has 0 unspecified atom stereocenters. The van der Waals surface area contributed by atoms with Crippen LogP contribution in [0.3, 0.4) is 0 Å². The van der Waals surface area contributed by atoms with E-state index < -0.39 is 12.1 Å². The van der Waals surface area contributed by atoms with Crippen LogP contribution in [0.15, 0.2) is 0 Å². The fourth-order valence-electron chi connectivity index (χ4n) is 1.41. The third-order valence-electron chi connectivity index (χ3n) is 2.21. The fraction of sp³-hybridized carbons (Fsp3) is 0.857. The lowest BCUT2D eigenvalue weighted by molar-refractivity contribution is -0.143. The number of aliphatic hydroxyl groups is 1. The van der Waals surface area contributed by atoms with Crippen molar-refractivity contribution in [2.24, 2.45) is 11.7 Å². The minimum Gasteiger partial charge on any atom is -0.481 e. The van der Waals surface area contributed by atoms with E-state index in [2.05, 4.69) is 0 Å². The second-order valence-corrected chi connectivity index (χ2v) is 3.08. The SMILES string of the molecule is N[C@@H]1C[C@@H](C(=O)O)CC[C@H]1O. The topological polar surface area (TPSA) is 83.6 Å². The van der Waals surface area contributed by atoms with Crippen molar-refractivity contribution < 1.29 is 15.0 Å². The van der Waals surface area contributed by atoms with E-state index in [-0.39, 0.29) is 12.0 Å². The average Bonchev–Trinajstić information content (AvgIpc) is 1.94. The number of hydrogen-bond acceptors (Lipinski definition) is 3. The summed E-state index contributed by atoms with van der Waals surface area (Å²) in [5.41, 5.74) is 5.49. The van der Waals surface area contributed by atoms with Gasteiger partial charge in [-0.05, 0) is 19.3 Å². The Morgan fingerprint density at radius 2 is 2.09 bits per heavy atom. The molecule has 0 saturated heterocycles. The molecule has 0 aromatic heterocycles. The van der Waals surface area contributed by atoms with Gasteiger partial charge in [-0.1, -0.05) is 0 Å². The summed E-state index contributed by atoms with van der Waals surface area (Å²) < 4.78 is 0. The van der Waals surface area contributed by atoms with Crippen LogP contribution in [0.2, 0.25) is 0 Å². The van der Waals surface area contributed by atoms with Gasteiger partial charge in [0.1, 0.15) is 0 Å². The van der Waals surface area contributed by atoms with Crippen molar-refractivity contribution in [2.45, 2.75) is 31.4 Å². The number of nitrogens with two attached hydrogens (primary N) is 1. The van der Waals surface area contributed by atoms with E-state index in [4.69, 9.17) is 15.9 Å². The number of rotatable bonds is 1. The lowest BCUT2D eigenvalue weighted by Crippen LogP contribution is -2.42. The molecule has 0 aromatic rings. The van der Waals surface area contributed by atoms with Crippen molar-refractivity contribution in [3.63, 3.8) is 0 Å². The third kappa shape index (κ3) is 1.91. The van der Waals surface area contributed by atoms with Gasteiger partial charge in [0.05, 0.1) is 12.0 Å². The maximum atomic E-state index is 10.5. The standard InChI is InChI=1S/C7H13NO3/c8-5-3-4(7(10)11)1-2-6(5)9/h4-6,9H,1-3,8H2,(H,10,11)/t4-,5+,6+/m0/s1. The Morgan fingerprint density at radius 3 is 2.55 bits per heavy atom. The summed E-state index contributed by atoms with van der Waals surface area (Å²) >= 11 is 0. The number of carboxylic acid groups (broad SMARTS) is 1. The Kier molecular flexibility index (Phi) is 2.46. The molecule has 0 bridgehead atoms. The van der Waals surface area contributed by atoms with Crippen LogP contribution in [0, 0.1) is 5.92 Å². The molecule has 0 aromatic carbocycles. The van der Waals surface area contributed by atoms with E-state index in [1.165, 1.54) is 0 Å². The van der Waals surface area contributed by atoms with Crippen LogP contribution in [0.4, 0.5) is 0 Å². The molecular weight excluding hydrogens is 146 g/mol. The molecule has 0 aliphatic heterocycles. The van der Waals surface area contributed by atoms with Gasteiger partial charge in [0.15, 0.2) is 0 Å². The summed E-state index contributed by atoms with van der Waals surface area (Å²) in [7, 11) is 0. The molecule has 4 heteroatoms. The van der Waals surface area contributed by atoms with Crippen LogP contribution in [0.25, 0.3) is 0 Å². The van der Waals surface area contributed by atoms with E-state index in [0.29, 0.717) is 19.3 Å². The van der Waals surface area contributed by atoms with Crippen molar-refractivity contribution >= 4 is 5.97 Å². The van der Waals surface area contributed by atoms with Crippen molar-refractivity contribution in [3.05, 3.63) is 0 Å². The summed E-state index contributed by atoms with van der Waals surface area (Å²) in [6.45, 7) is 0. The van der Waals surface area contributed by atoms with Crippen molar-refractivity contribution in [2.75, 3.05) is 0 Å². The predicted octanol–water partition coefficient (Wildman–Crippen LogP) is -0.441. The van der Waals surface area contributed by atoms with Crippen LogP contribution in [0.5, 0.6) is 0 Å². The highest BCUT2D eigenvalue weighted by Gasteiger charge is 2.30. The van der Waals surface area contributed by atoms with Gasteiger partial charge in [0.25, 0.3) is 0 Å². The second-order valence-electron chi connectivity index (χ2n) is 3.08. The van der Waals surface area contributed by atoms with Crippen LogP contribution in [-0.2, 0) is 4.79 Å².